The molecule has 4 fully saturated rings. The summed E-state index contributed by atoms with van der Waals surface area (Å²) in [5.74, 6) is 9.31. The summed E-state index contributed by atoms with van der Waals surface area (Å²) >= 11 is 0. The van der Waals surface area contributed by atoms with E-state index >= 15 is 0 Å². The maximum absolute atomic E-state index is 6.45. The lowest BCUT2D eigenvalue weighted by molar-refractivity contribution is 0.145. The molecule has 0 radical (unpaired) electrons. The summed E-state index contributed by atoms with van der Waals surface area (Å²) in [5, 5.41) is 0. The minimum atomic E-state index is 0.790. The Morgan fingerprint density at radius 2 is 0.800 bits per heavy atom. The van der Waals surface area contributed by atoms with Gasteiger partial charge in [0.05, 0.1) is 12.4 Å². The van der Waals surface area contributed by atoms with Gasteiger partial charge in [0, 0.05) is 11.4 Å². The molecule has 0 amide bonds. The second kappa shape index (κ2) is 15.8. The Hall–Kier alpha value is -1.90. The number of rotatable bonds is 10. The average molecular weight is 613 g/mol. The zero-order chi connectivity index (χ0) is 31.2. The number of nitrogens with zero attached hydrogens (tertiary/aromatic N) is 2. The first-order valence-electron chi connectivity index (χ1n) is 19.6. The van der Waals surface area contributed by atoms with Gasteiger partial charge in [-0.25, -0.2) is 0 Å². The van der Waals surface area contributed by atoms with Gasteiger partial charge in [-0.2, -0.15) is 0 Å². The fraction of sp³-hybridized carbons (Fsp3) is 0.762. The van der Waals surface area contributed by atoms with Crippen molar-refractivity contribution in [2.24, 2.45) is 47.3 Å². The third-order valence-corrected chi connectivity index (χ3v) is 13.6. The lowest BCUT2D eigenvalue weighted by Crippen LogP contribution is -2.26. The zero-order valence-electron chi connectivity index (χ0n) is 29.4. The van der Waals surface area contributed by atoms with Crippen LogP contribution in [0.4, 0.5) is 0 Å². The van der Waals surface area contributed by atoms with Gasteiger partial charge >= 0.3 is 0 Å². The molecule has 248 valence electrons. The highest BCUT2D eigenvalue weighted by molar-refractivity contribution is 5.36. The van der Waals surface area contributed by atoms with Gasteiger partial charge in [-0.05, 0) is 174 Å². The van der Waals surface area contributed by atoms with Gasteiger partial charge in [-0.15, -0.1) is 0 Å². The lowest BCUT2D eigenvalue weighted by Gasteiger charge is -2.38. The van der Waals surface area contributed by atoms with Crippen LogP contribution in [0.3, 0.4) is 0 Å². The molecule has 45 heavy (non-hydrogen) atoms. The van der Waals surface area contributed by atoms with Gasteiger partial charge < -0.3 is 4.74 Å². The topological polar surface area (TPSA) is 35.0 Å². The van der Waals surface area contributed by atoms with E-state index in [0.29, 0.717) is 0 Å². The number of hydrogen-bond donors (Lipinski definition) is 0. The van der Waals surface area contributed by atoms with Crippen LogP contribution in [0.15, 0.2) is 24.5 Å². The monoisotopic (exact) mass is 613 g/mol. The molecular weight excluding hydrogens is 548 g/mol. The van der Waals surface area contributed by atoms with Crippen LogP contribution in [0.5, 0.6) is 11.5 Å². The summed E-state index contributed by atoms with van der Waals surface area (Å²) in [5.41, 5.74) is 5.08. The first kappa shape index (κ1) is 33.0. The van der Waals surface area contributed by atoms with E-state index in [1.807, 2.05) is 12.4 Å². The van der Waals surface area contributed by atoms with E-state index in [0.717, 1.165) is 71.7 Å². The number of ether oxygens (including phenoxy) is 1. The van der Waals surface area contributed by atoms with E-state index in [1.54, 1.807) is 0 Å². The molecule has 2 heterocycles. The van der Waals surface area contributed by atoms with Crippen molar-refractivity contribution in [2.75, 3.05) is 0 Å². The minimum Gasteiger partial charge on any atom is -0.454 e. The number of hydrogen-bond acceptors (Lipinski definition) is 3. The maximum Gasteiger partial charge on any atom is 0.146 e. The molecule has 3 nitrogen and oxygen atoms in total. The largest absolute Gasteiger partial charge is 0.454 e. The van der Waals surface area contributed by atoms with Crippen LogP contribution in [0, 0.1) is 61.2 Å². The molecule has 4 saturated carbocycles. The molecule has 0 atom stereocenters. The Bertz CT molecular complexity index is 1100. The summed E-state index contributed by atoms with van der Waals surface area (Å²) in [4.78, 5) is 9.57. The molecule has 2 aromatic rings. The molecule has 0 unspecified atom stereocenters. The summed E-state index contributed by atoms with van der Waals surface area (Å²) in [6, 6.07) is 4.55. The third kappa shape index (κ3) is 8.72. The van der Waals surface area contributed by atoms with Crippen molar-refractivity contribution in [3.63, 3.8) is 0 Å². The van der Waals surface area contributed by atoms with Crippen LogP contribution < -0.4 is 4.74 Å². The van der Waals surface area contributed by atoms with Gasteiger partial charge in [0.25, 0.3) is 0 Å². The highest BCUT2D eigenvalue weighted by Gasteiger charge is 2.32. The number of aromatic nitrogens is 2. The summed E-state index contributed by atoms with van der Waals surface area (Å²) in [6.45, 7) is 9.11. The SMILES string of the molecule is CCC1CCC(C2CCC(Cc3cc(Oc4cnc(C)c(CC5CCC(C6CCC(CC)CC6)CC5)c4)cnc3C)CC2)CC1. The molecule has 6 rings (SSSR count). The van der Waals surface area contributed by atoms with Crippen molar-refractivity contribution >= 4 is 0 Å². The van der Waals surface area contributed by atoms with E-state index in [4.69, 9.17) is 14.7 Å². The van der Waals surface area contributed by atoms with E-state index in [2.05, 4.69) is 39.8 Å². The smallest absolute Gasteiger partial charge is 0.146 e. The van der Waals surface area contributed by atoms with E-state index in [9.17, 15) is 0 Å². The minimum absolute atomic E-state index is 0.790. The average Bonchev–Trinajstić information content (AvgIpc) is 3.08. The van der Waals surface area contributed by atoms with Gasteiger partial charge in [0.15, 0.2) is 0 Å². The molecule has 4 aliphatic carbocycles. The first-order chi connectivity index (χ1) is 22.0. The molecule has 2 aromatic heterocycles. The number of aryl methyl sites for hydroxylation is 2. The molecule has 0 aromatic carbocycles. The van der Waals surface area contributed by atoms with Crippen LogP contribution in [0.1, 0.15) is 152 Å². The Kier molecular flexibility index (Phi) is 11.6. The molecule has 0 spiro atoms. The van der Waals surface area contributed by atoms with Crippen molar-refractivity contribution in [2.45, 2.75) is 156 Å². The highest BCUT2D eigenvalue weighted by Crippen LogP contribution is 2.44. The summed E-state index contributed by atoms with van der Waals surface area (Å²) in [6.07, 6.45) is 32.1. The summed E-state index contributed by atoms with van der Waals surface area (Å²) in [7, 11) is 0. The fourth-order valence-electron chi connectivity index (χ4n) is 10.3. The first-order valence-corrected chi connectivity index (χ1v) is 19.6. The maximum atomic E-state index is 6.45. The van der Waals surface area contributed by atoms with Crippen LogP contribution in [0.25, 0.3) is 0 Å². The lowest BCUT2D eigenvalue weighted by atomic mass is 9.68. The van der Waals surface area contributed by atoms with Crippen molar-refractivity contribution in [1.82, 2.24) is 9.97 Å². The molecule has 4 aliphatic rings. The van der Waals surface area contributed by atoms with Crippen LogP contribution >= 0.6 is 0 Å². The second-order valence-electron chi connectivity index (χ2n) is 16.3. The van der Waals surface area contributed by atoms with E-state index in [-0.39, 0.29) is 0 Å². The van der Waals surface area contributed by atoms with Gasteiger partial charge in [0.2, 0.25) is 0 Å². The molecular formula is C42H64N2O. The van der Waals surface area contributed by atoms with Gasteiger partial charge in [-0.3, -0.25) is 9.97 Å². The van der Waals surface area contributed by atoms with Crippen LogP contribution in [-0.4, -0.2) is 9.97 Å². The van der Waals surface area contributed by atoms with Gasteiger partial charge in [0.1, 0.15) is 11.5 Å². The molecule has 0 saturated heterocycles. The second-order valence-corrected chi connectivity index (χ2v) is 16.3. The van der Waals surface area contributed by atoms with E-state index < -0.39 is 0 Å². The predicted molar refractivity (Wildman–Crippen MR) is 188 cm³/mol. The van der Waals surface area contributed by atoms with Crippen molar-refractivity contribution < 1.29 is 4.74 Å². The molecule has 0 aliphatic heterocycles. The third-order valence-electron chi connectivity index (χ3n) is 13.6. The quantitative estimate of drug-likeness (QED) is 0.268. The Morgan fingerprint density at radius 1 is 0.489 bits per heavy atom. The Balaban J connectivity index is 0.990. The predicted octanol–water partition coefficient (Wildman–Crippen LogP) is 12.0. The molecule has 3 heteroatoms. The standard InChI is InChI=1S/C42H64N2O/c1-5-31-7-15-35(16-8-31)37-19-11-33(12-20-37)23-39-25-41(27-43-29(39)3)45-42-26-40(30(4)44-28-42)24-34-13-21-38(22-14-34)36-17-9-32(6-2)10-18-36/h25-28,31-38H,5-24H2,1-4H3. The molecule has 0 N–H and O–H groups in total. The van der Waals surface area contributed by atoms with E-state index in [1.165, 1.54) is 138 Å². The fourth-order valence-corrected chi connectivity index (χ4v) is 10.3. The summed E-state index contributed by atoms with van der Waals surface area (Å²) < 4.78 is 6.45. The zero-order valence-corrected chi connectivity index (χ0v) is 29.4. The van der Waals surface area contributed by atoms with Crippen molar-refractivity contribution in [3.8, 4) is 11.5 Å². The highest BCUT2D eigenvalue weighted by atomic mass is 16.5. The Labute approximate surface area is 276 Å². The van der Waals surface area contributed by atoms with Gasteiger partial charge in [-0.1, -0.05) is 52.4 Å². The van der Waals surface area contributed by atoms with Crippen LogP contribution in [0.2, 0.25) is 0 Å². The molecule has 0 bridgehead atoms. The normalized spacial score (nSPS) is 32.7. The van der Waals surface area contributed by atoms with Crippen LogP contribution in [-0.2, 0) is 12.8 Å². The Morgan fingerprint density at radius 3 is 1.11 bits per heavy atom. The van der Waals surface area contributed by atoms with Crippen molar-refractivity contribution in [3.05, 3.63) is 47.0 Å². The number of pyridine rings is 2. The van der Waals surface area contributed by atoms with Crippen molar-refractivity contribution in [1.29, 1.82) is 0 Å².